The Bertz CT molecular complexity index is 1740. The fourth-order valence-corrected chi connectivity index (χ4v) is 4.22. The van der Waals surface area contributed by atoms with E-state index >= 15 is 0 Å². The number of hydrogen-bond acceptors (Lipinski definition) is 4. The van der Waals surface area contributed by atoms with Crippen LogP contribution in [0.3, 0.4) is 0 Å². The fraction of sp³-hybridized carbons (Fsp3) is 0.0323. The van der Waals surface area contributed by atoms with Crippen molar-refractivity contribution < 1.29 is 19.8 Å². The molecule has 0 bridgehead atoms. The summed E-state index contributed by atoms with van der Waals surface area (Å²) in [4.78, 5) is 13.1. The molecule has 3 heterocycles. The minimum atomic E-state index is 0. The summed E-state index contributed by atoms with van der Waals surface area (Å²) < 4.78 is 0. The van der Waals surface area contributed by atoms with E-state index in [0.717, 1.165) is 33.3 Å². The molecule has 0 N–H and O–H groups in total. The van der Waals surface area contributed by atoms with Crippen molar-refractivity contribution in [2.24, 2.45) is 0 Å². The molecule has 2 aliphatic carbocycles. The molecule has 7 rings (SSSR count). The smallest absolute Gasteiger partial charge is 0.421 e. The third kappa shape index (κ3) is 5.16. The van der Waals surface area contributed by atoms with E-state index < -0.39 is 0 Å². The molecule has 2 aromatic carbocycles. The van der Waals surface area contributed by atoms with Crippen molar-refractivity contribution in [2.75, 3.05) is 0 Å². The molecule has 0 atom stereocenters. The molecular weight excluding hydrogens is 633 g/mol. The van der Waals surface area contributed by atoms with Gasteiger partial charge in [-0.2, -0.15) is 0 Å². The number of aromatic nitrogens is 5. The third-order valence-electron chi connectivity index (χ3n) is 5.99. The van der Waals surface area contributed by atoms with E-state index in [1.165, 1.54) is 16.3 Å². The van der Waals surface area contributed by atoms with E-state index in [2.05, 4.69) is 73.7 Å². The van der Waals surface area contributed by atoms with Crippen molar-refractivity contribution in [2.45, 2.75) is 6.92 Å². The molecule has 5 nitrogen and oxygen atoms in total. The Morgan fingerprint density at radius 1 is 0.703 bits per heavy atom. The molecular formula is C31H21N5Os. The zero-order chi connectivity index (χ0) is 24.3. The molecule has 3 aromatic heterocycles. The van der Waals surface area contributed by atoms with Gasteiger partial charge in [-0.3, -0.25) is 15.1 Å². The van der Waals surface area contributed by atoms with Crippen molar-refractivity contribution in [3.8, 4) is 33.9 Å². The molecule has 0 aliphatic heterocycles. The van der Waals surface area contributed by atoms with Crippen LogP contribution in [0.1, 0.15) is 5.82 Å². The minimum Gasteiger partial charge on any atom is -0.421 e. The first-order valence-electron chi connectivity index (χ1n) is 11.7. The molecule has 0 spiro atoms. The summed E-state index contributed by atoms with van der Waals surface area (Å²) in [6.45, 7) is 1.82. The second kappa shape index (κ2) is 10.8. The Hall–Kier alpha value is -4.26. The van der Waals surface area contributed by atoms with Crippen molar-refractivity contribution in [3.05, 3.63) is 121 Å². The van der Waals surface area contributed by atoms with Crippen LogP contribution in [-0.2, 0) is 19.8 Å². The molecule has 178 valence electrons. The van der Waals surface area contributed by atoms with Gasteiger partial charge in [0.25, 0.3) is 0 Å². The number of aryl methyl sites for hydroxylation is 1. The maximum absolute atomic E-state index is 4.56. The molecule has 0 fully saturated rings. The molecule has 37 heavy (non-hydrogen) atoms. The predicted octanol–water partition coefficient (Wildman–Crippen LogP) is 6.76. The van der Waals surface area contributed by atoms with E-state index in [-0.39, 0.29) is 19.8 Å². The van der Waals surface area contributed by atoms with Gasteiger partial charge in [0.1, 0.15) is 0 Å². The Morgan fingerprint density at radius 3 is 2.30 bits per heavy atom. The number of nitrogens with zero attached hydrogens (tertiary/aromatic N) is 5. The van der Waals surface area contributed by atoms with E-state index in [4.69, 9.17) is 0 Å². The average molecular weight is 654 g/mol. The molecule has 0 unspecified atom stereocenters. The number of rotatable bonds is 2. The summed E-state index contributed by atoms with van der Waals surface area (Å²) >= 11 is 0. The van der Waals surface area contributed by atoms with E-state index in [1.807, 2.05) is 67.7 Å². The Kier molecular flexibility index (Phi) is 7.12. The van der Waals surface area contributed by atoms with Crippen molar-refractivity contribution in [1.29, 1.82) is 0 Å². The zero-order valence-electron chi connectivity index (χ0n) is 20.0. The van der Waals surface area contributed by atoms with Gasteiger partial charge in [0, 0.05) is 29.3 Å². The van der Waals surface area contributed by atoms with Crippen molar-refractivity contribution in [3.63, 3.8) is 0 Å². The van der Waals surface area contributed by atoms with Gasteiger partial charge in [-0.25, -0.2) is 0 Å². The van der Waals surface area contributed by atoms with Crippen LogP contribution in [0.2, 0.25) is 0 Å². The molecule has 5 aromatic rings. The van der Waals surface area contributed by atoms with Gasteiger partial charge in [-0.1, -0.05) is 78.9 Å². The van der Waals surface area contributed by atoms with Crippen LogP contribution < -0.4 is 5.10 Å². The van der Waals surface area contributed by atoms with Crippen LogP contribution in [0.15, 0.2) is 109 Å². The Morgan fingerprint density at radius 2 is 1.46 bits per heavy atom. The van der Waals surface area contributed by atoms with Gasteiger partial charge in [0.05, 0.1) is 5.69 Å². The monoisotopic (exact) mass is 655 g/mol. The maximum atomic E-state index is 4.56. The standard InChI is InChI=1S/C19H12N.C12H9N4.Os/c1-2-6-14-10-18(11-15(14)7-3-1)19-12-16-8-4-5-9-17(16)13-20-19;1-8-14-12(16-15-8)11-10-5-3-2-4-9(10)6-7-13-11;/h1-10,12-13H;2-7H,1H3;/q2*-1;+2. The van der Waals surface area contributed by atoms with Gasteiger partial charge < -0.3 is 10.1 Å². The summed E-state index contributed by atoms with van der Waals surface area (Å²) in [5, 5.41) is 12.5. The second-order valence-electron chi connectivity index (χ2n) is 8.44. The summed E-state index contributed by atoms with van der Waals surface area (Å²) in [5.41, 5.74) is 5.14. The van der Waals surface area contributed by atoms with E-state index in [9.17, 15) is 0 Å². The second-order valence-corrected chi connectivity index (χ2v) is 8.44. The minimum absolute atomic E-state index is 0. The predicted molar refractivity (Wildman–Crippen MR) is 143 cm³/mol. The first kappa shape index (κ1) is 24.4. The number of pyridine rings is 2. The van der Waals surface area contributed by atoms with E-state index in [1.54, 1.807) is 6.20 Å². The summed E-state index contributed by atoms with van der Waals surface area (Å²) in [6, 6.07) is 36.3. The maximum Gasteiger partial charge on any atom is 2.00 e. The summed E-state index contributed by atoms with van der Waals surface area (Å²) in [7, 11) is 0. The summed E-state index contributed by atoms with van der Waals surface area (Å²) in [6.07, 6.45) is 3.69. The topological polar surface area (TPSA) is 65.7 Å². The van der Waals surface area contributed by atoms with Crippen LogP contribution in [-0.4, -0.2) is 20.1 Å². The SMILES string of the molecule is Cc1n[n-]c(-c2nccc3ccccc23)n1.[Os+2].[c-]1c2cccccc-2cc1-c1cc2ccccc2cn1. The fourth-order valence-electron chi connectivity index (χ4n) is 4.22. The molecule has 0 amide bonds. The molecule has 0 saturated carbocycles. The first-order valence-corrected chi connectivity index (χ1v) is 11.7. The van der Waals surface area contributed by atoms with Crippen LogP contribution in [0.25, 0.3) is 55.4 Å². The van der Waals surface area contributed by atoms with Gasteiger partial charge in [0.15, 0.2) is 0 Å². The third-order valence-corrected chi connectivity index (χ3v) is 5.99. The average Bonchev–Trinajstić information content (AvgIpc) is 3.48. The quantitative estimate of drug-likeness (QED) is 0.193. The number of fused-ring (bicyclic) bond motifs is 3. The Balaban J connectivity index is 0.000000151. The molecule has 0 radical (unpaired) electrons. The van der Waals surface area contributed by atoms with Gasteiger partial charge >= 0.3 is 19.8 Å². The first-order chi connectivity index (χ1) is 17.7. The normalized spacial score (nSPS) is 10.6. The molecule has 6 heteroatoms. The number of benzene rings is 2. The zero-order valence-corrected chi connectivity index (χ0v) is 22.5. The molecule has 2 aliphatic rings. The number of hydrogen-bond donors (Lipinski definition) is 0. The van der Waals surface area contributed by atoms with Crippen molar-refractivity contribution in [1.82, 2.24) is 25.1 Å². The van der Waals surface area contributed by atoms with Gasteiger partial charge in [-0.05, 0) is 35.0 Å². The van der Waals surface area contributed by atoms with Crippen LogP contribution in [0.5, 0.6) is 0 Å². The van der Waals surface area contributed by atoms with Crippen LogP contribution in [0.4, 0.5) is 0 Å². The van der Waals surface area contributed by atoms with E-state index in [0.29, 0.717) is 11.6 Å². The van der Waals surface area contributed by atoms with Gasteiger partial charge in [-0.15, -0.1) is 34.9 Å². The van der Waals surface area contributed by atoms with Crippen LogP contribution in [0, 0.1) is 13.0 Å². The Labute approximate surface area is 228 Å². The largest absolute Gasteiger partial charge is 2.00 e. The van der Waals surface area contributed by atoms with Gasteiger partial charge in [0.2, 0.25) is 0 Å². The van der Waals surface area contributed by atoms with Crippen LogP contribution >= 0.6 is 0 Å². The summed E-state index contributed by atoms with van der Waals surface area (Å²) in [5.74, 6) is 1.26. The molecule has 0 saturated heterocycles. The van der Waals surface area contributed by atoms with Crippen molar-refractivity contribution >= 4 is 21.5 Å².